The molecule has 0 aliphatic heterocycles. The summed E-state index contributed by atoms with van der Waals surface area (Å²) in [4.78, 5) is 25.0. The molecule has 1 amide bonds. The minimum Gasteiger partial charge on any atom is -0.464 e. The minimum atomic E-state index is -0.517. The van der Waals surface area contributed by atoms with Crippen LogP contribution in [-0.2, 0) is 22.5 Å². The highest BCUT2D eigenvalue weighted by Gasteiger charge is 2.22. The number of rotatable bonds is 5. The van der Waals surface area contributed by atoms with E-state index in [0.717, 1.165) is 23.1 Å². The van der Waals surface area contributed by atoms with E-state index in [-0.39, 0.29) is 18.1 Å². The van der Waals surface area contributed by atoms with Crippen molar-refractivity contribution >= 4 is 39.6 Å². The van der Waals surface area contributed by atoms with Gasteiger partial charge in [0.1, 0.15) is 17.8 Å². The fourth-order valence-corrected chi connectivity index (χ4v) is 3.40. The van der Waals surface area contributed by atoms with Crippen molar-refractivity contribution in [1.29, 1.82) is 0 Å². The first-order valence-corrected chi connectivity index (χ1v) is 9.08. The quantitative estimate of drug-likeness (QED) is 0.525. The van der Waals surface area contributed by atoms with Crippen molar-refractivity contribution in [3.63, 3.8) is 0 Å². The van der Waals surface area contributed by atoms with Crippen LogP contribution in [0.4, 0.5) is 5.69 Å². The van der Waals surface area contributed by atoms with Crippen molar-refractivity contribution in [3.05, 3.63) is 65.9 Å². The fourth-order valence-electron chi connectivity index (χ4n) is 3.40. The van der Waals surface area contributed by atoms with Gasteiger partial charge in [-0.1, -0.05) is 31.2 Å². The van der Waals surface area contributed by atoms with Gasteiger partial charge in [-0.25, -0.2) is 4.79 Å². The average Bonchev–Trinajstić information content (AvgIpc) is 3.24. The maximum Gasteiger partial charge on any atom is 0.354 e. The second kappa shape index (κ2) is 7.23. The first-order chi connectivity index (χ1) is 13.6. The van der Waals surface area contributed by atoms with Gasteiger partial charge in [-0.05, 0) is 36.2 Å². The third-order valence-electron chi connectivity index (χ3n) is 4.74. The first-order valence-electron chi connectivity index (χ1n) is 9.08. The van der Waals surface area contributed by atoms with Gasteiger partial charge < -0.3 is 19.0 Å². The van der Waals surface area contributed by atoms with E-state index in [4.69, 9.17) is 9.15 Å². The molecule has 0 saturated carbocycles. The van der Waals surface area contributed by atoms with Crippen LogP contribution >= 0.6 is 0 Å². The smallest absolute Gasteiger partial charge is 0.354 e. The lowest BCUT2D eigenvalue weighted by Crippen LogP contribution is -2.21. The van der Waals surface area contributed by atoms with E-state index < -0.39 is 5.97 Å². The minimum absolute atomic E-state index is 0.0339. The van der Waals surface area contributed by atoms with Crippen LogP contribution in [-0.4, -0.2) is 23.6 Å². The topological polar surface area (TPSA) is 73.5 Å². The third-order valence-corrected chi connectivity index (χ3v) is 4.74. The Morgan fingerprint density at radius 2 is 1.89 bits per heavy atom. The molecule has 142 valence electrons. The van der Waals surface area contributed by atoms with Crippen LogP contribution in [0.5, 0.6) is 0 Å². The monoisotopic (exact) mass is 376 g/mol. The summed E-state index contributed by atoms with van der Waals surface area (Å²) >= 11 is 0. The molecule has 0 aliphatic carbocycles. The van der Waals surface area contributed by atoms with E-state index >= 15 is 0 Å². The third kappa shape index (κ3) is 3.13. The number of benzene rings is 2. The van der Waals surface area contributed by atoms with Gasteiger partial charge in [0.05, 0.1) is 12.6 Å². The van der Waals surface area contributed by atoms with Crippen LogP contribution in [0.1, 0.15) is 23.0 Å². The number of anilines is 1. The highest BCUT2D eigenvalue weighted by molar-refractivity contribution is 6.07. The van der Waals surface area contributed by atoms with Crippen molar-refractivity contribution in [1.82, 2.24) is 4.57 Å². The number of aryl methyl sites for hydroxylation is 1. The summed E-state index contributed by atoms with van der Waals surface area (Å²) in [6.45, 7) is 2.03. The second-order valence-corrected chi connectivity index (χ2v) is 6.52. The first kappa shape index (κ1) is 17.9. The number of carbonyl (C=O) groups is 2. The number of hydrogen-bond acceptors (Lipinski definition) is 4. The number of ether oxygens (including phenoxy) is 1. The van der Waals surface area contributed by atoms with Crippen LogP contribution in [0.2, 0.25) is 0 Å². The molecular formula is C22H20N2O4. The van der Waals surface area contributed by atoms with E-state index in [1.807, 2.05) is 48.5 Å². The van der Waals surface area contributed by atoms with Crippen LogP contribution in [0.15, 0.2) is 59.0 Å². The molecule has 6 heteroatoms. The number of hydrogen-bond donors (Lipinski definition) is 1. The molecule has 28 heavy (non-hydrogen) atoms. The van der Waals surface area contributed by atoms with Gasteiger partial charge in [0.25, 0.3) is 0 Å². The highest BCUT2D eigenvalue weighted by Crippen LogP contribution is 2.31. The molecule has 4 aromatic rings. The summed E-state index contributed by atoms with van der Waals surface area (Å²) < 4.78 is 12.4. The van der Waals surface area contributed by atoms with Crippen LogP contribution < -0.4 is 5.32 Å². The molecule has 2 aromatic carbocycles. The molecule has 2 heterocycles. The molecule has 0 saturated heterocycles. The lowest BCUT2D eigenvalue weighted by atomic mass is 10.1. The molecule has 2 aromatic heterocycles. The second-order valence-electron chi connectivity index (χ2n) is 6.52. The molecular weight excluding hydrogens is 356 g/mol. The zero-order chi connectivity index (χ0) is 19.7. The van der Waals surface area contributed by atoms with Crippen LogP contribution in [0.3, 0.4) is 0 Å². The van der Waals surface area contributed by atoms with Crippen molar-refractivity contribution < 1.29 is 18.7 Å². The summed E-state index contributed by atoms with van der Waals surface area (Å²) in [5.41, 5.74) is 4.09. The number of carbonyl (C=O) groups excluding carboxylic acids is 2. The van der Waals surface area contributed by atoms with E-state index in [9.17, 15) is 9.59 Å². The van der Waals surface area contributed by atoms with Crippen molar-refractivity contribution in [3.8, 4) is 0 Å². The molecule has 0 fully saturated rings. The predicted octanol–water partition coefficient (Wildman–Crippen LogP) is 4.38. The molecule has 0 atom stereocenters. The van der Waals surface area contributed by atoms with E-state index in [1.54, 1.807) is 10.6 Å². The fraction of sp³-hybridized carbons (Fsp3) is 0.182. The Balaban J connectivity index is 1.73. The summed E-state index contributed by atoms with van der Waals surface area (Å²) in [7, 11) is 1.32. The summed E-state index contributed by atoms with van der Waals surface area (Å²) in [6, 6.07) is 16.9. The highest BCUT2D eigenvalue weighted by atomic mass is 16.5. The lowest BCUT2D eigenvalue weighted by molar-refractivity contribution is -0.116. The Bertz CT molecular complexity index is 1190. The predicted molar refractivity (Wildman–Crippen MR) is 107 cm³/mol. The summed E-state index contributed by atoms with van der Waals surface area (Å²) in [5, 5.41) is 3.74. The zero-order valence-electron chi connectivity index (χ0n) is 15.7. The van der Waals surface area contributed by atoms with Gasteiger partial charge in [0, 0.05) is 17.1 Å². The molecule has 0 spiro atoms. The number of aromatic nitrogens is 1. The Kier molecular flexibility index (Phi) is 4.61. The van der Waals surface area contributed by atoms with Gasteiger partial charge in [0.2, 0.25) is 5.91 Å². The van der Waals surface area contributed by atoms with Crippen molar-refractivity contribution in [2.75, 3.05) is 12.4 Å². The normalized spacial score (nSPS) is 11.1. The van der Waals surface area contributed by atoms with E-state index in [1.165, 1.54) is 7.11 Å². The number of esters is 1. The van der Waals surface area contributed by atoms with Gasteiger partial charge in [-0.15, -0.1) is 0 Å². The molecule has 0 bridgehead atoms. The molecule has 6 nitrogen and oxygen atoms in total. The zero-order valence-corrected chi connectivity index (χ0v) is 15.7. The Hall–Kier alpha value is -3.54. The van der Waals surface area contributed by atoms with Crippen molar-refractivity contribution in [2.45, 2.75) is 19.9 Å². The van der Waals surface area contributed by atoms with Crippen LogP contribution in [0, 0.1) is 0 Å². The SMILES string of the molecule is CCc1cccc(NC(=O)Cn2c(C(=O)OC)cc3oc4ccccc4c32)c1. The maximum absolute atomic E-state index is 12.7. The van der Waals surface area contributed by atoms with Crippen molar-refractivity contribution in [2.24, 2.45) is 0 Å². The van der Waals surface area contributed by atoms with Gasteiger partial charge in [-0.2, -0.15) is 0 Å². The lowest BCUT2D eigenvalue weighted by Gasteiger charge is -2.10. The standard InChI is InChI=1S/C22H20N2O4/c1-3-14-7-6-8-15(11-14)23-20(25)13-24-17(22(26)27-2)12-19-21(24)16-9-4-5-10-18(16)28-19/h4-12H,3,13H2,1-2H3,(H,23,25). The Morgan fingerprint density at radius 1 is 1.07 bits per heavy atom. The number of furan rings is 1. The number of nitrogens with one attached hydrogen (secondary N) is 1. The summed E-state index contributed by atoms with van der Waals surface area (Å²) in [5.74, 6) is -0.752. The molecule has 0 unspecified atom stereocenters. The van der Waals surface area contributed by atoms with Gasteiger partial charge in [0.15, 0.2) is 5.58 Å². The molecule has 0 radical (unpaired) electrons. The molecule has 1 N–H and O–H groups in total. The Labute approximate surface area is 161 Å². The Morgan fingerprint density at radius 3 is 2.68 bits per heavy atom. The van der Waals surface area contributed by atoms with E-state index in [0.29, 0.717) is 16.7 Å². The average molecular weight is 376 g/mol. The van der Waals surface area contributed by atoms with Gasteiger partial charge >= 0.3 is 5.97 Å². The number of nitrogens with zero attached hydrogens (tertiary/aromatic N) is 1. The molecule has 4 rings (SSSR count). The molecule has 0 aliphatic rings. The summed E-state index contributed by atoms with van der Waals surface area (Å²) in [6.07, 6.45) is 0.884. The number of para-hydroxylation sites is 1. The number of methoxy groups -OCH3 is 1. The van der Waals surface area contributed by atoms with E-state index in [2.05, 4.69) is 12.2 Å². The largest absolute Gasteiger partial charge is 0.464 e. The number of fused-ring (bicyclic) bond motifs is 3. The van der Waals surface area contributed by atoms with Gasteiger partial charge in [-0.3, -0.25) is 4.79 Å². The maximum atomic E-state index is 12.7. The number of amides is 1. The van der Waals surface area contributed by atoms with Crippen LogP contribution in [0.25, 0.3) is 22.1 Å².